The second-order valence-electron chi connectivity index (χ2n) is 4.48. The molecule has 3 N–H and O–H groups in total. The number of nitrogens with two attached hydrogens (primary N) is 1. The Balaban J connectivity index is 2.19. The van der Waals surface area contributed by atoms with Gasteiger partial charge in [0.15, 0.2) is 5.84 Å². The van der Waals surface area contributed by atoms with Crippen molar-refractivity contribution in [2.24, 2.45) is 10.9 Å². The van der Waals surface area contributed by atoms with Gasteiger partial charge in [-0.3, -0.25) is 0 Å². The molecule has 6 heteroatoms. The summed E-state index contributed by atoms with van der Waals surface area (Å²) in [6.45, 7) is 4.15. The molecule has 0 unspecified atom stereocenters. The van der Waals surface area contributed by atoms with E-state index in [-0.39, 0.29) is 5.84 Å². The van der Waals surface area contributed by atoms with Crippen molar-refractivity contribution in [2.45, 2.75) is 24.6 Å². The Morgan fingerprint density at radius 1 is 1.20 bits per heavy atom. The molecule has 2 aromatic rings. The minimum absolute atomic E-state index is 0.0268. The molecule has 0 spiro atoms. The summed E-state index contributed by atoms with van der Waals surface area (Å²) in [5, 5.41) is 12.4. The lowest BCUT2D eigenvalue weighted by atomic mass is 10.1. The lowest BCUT2D eigenvalue weighted by Crippen LogP contribution is -2.16. The van der Waals surface area contributed by atoms with E-state index in [4.69, 9.17) is 10.9 Å². The monoisotopic (exact) mass is 288 g/mol. The van der Waals surface area contributed by atoms with E-state index < -0.39 is 0 Å². The molecule has 0 aliphatic heterocycles. The quantitative estimate of drug-likeness (QED) is 0.297. The lowest BCUT2D eigenvalue weighted by molar-refractivity contribution is 0.318. The van der Waals surface area contributed by atoms with Crippen LogP contribution in [0.1, 0.15) is 22.4 Å². The highest BCUT2D eigenvalue weighted by Gasteiger charge is 2.10. The number of nitrogens with zero attached hydrogens (tertiary/aromatic N) is 3. The van der Waals surface area contributed by atoms with Crippen LogP contribution in [0.15, 0.2) is 40.8 Å². The zero-order chi connectivity index (χ0) is 14.5. The van der Waals surface area contributed by atoms with Crippen molar-refractivity contribution in [3.8, 4) is 0 Å². The summed E-state index contributed by atoms with van der Waals surface area (Å²) in [4.78, 5) is 8.33. The van der Waals surface area contributed by atoms with Gasteiger partial charge in [-0.1, -0.05) is 46.2 Å². The van der Waals surface area contributed by atoms with Crippen LogP contribution in [0.4, 0.5) is 0 Å². The molecule has 1 heterocycles. The van der Waals surface area contributed by atoms with E-state index in [1.807, 2.05) is 0 Å². The van der Waals surface area contributed by atoms with Gasteiger partial charge in [0.25, 0.3) is 0 Å². The van der Waals surface area contributed by atoms with Crippen LogP contribution in [-0.2, 0) is 5.75 Å². The molecular weight excluding hydrogens is 272 g/mol. The first-order valence-corrected chi connectivity index (χ1v) is 7.07. The second-order valence-corrected chi connectivity index (χ2v) is 5.44. The average Bonchev–Trinajstić information content (AvgIpc) is 2.43. The number of aryl methyl sites for hydroxylation is 2. The van der Waals surface area contributed by atoms with E-state index in [1.54, 1.807) is 6.20 Å². The molecule has 0 atom stereocenters. The van der Waals surface area contributed by atoms with Crippen LogP contribution in [-0.4, -0.2) is 21.0 Å². The average molecular weight is 288 g/mol. The standard InChI is InChI=1S/C14H16N4OS/c1-9-5-10(2)7-11(6-9)8-20-14-12(13(15)18-19)16-3-4-17-14/h3-7,19H,8H2,1-2H3,(H2,15,18). The number of oxime groups is 1. The Hall–Kier alpha value is -2.08. The number of hydrogen-bond acceptors (Lipinski definition) is 5. The molecule has 20 heavy (non-hydrogen) atoms. The normalized spacial score (nSPS) is 11.6. The van der Waals surface area contributed by atoms with E-state index >= 15 is 0 Å². The number of benzene rings is 1. The van der Waals surface area contributed by atoms with Crippen molar-refractivity contribution in [1.29, 1.82) is 0 Å². The van der Waals surface area contributed by atoms with Crippen LogP contribution >= 0.6 is 11.8 Å². The largest absolute Gasteiger partial charge is 0.409 e. The molecule has 0 saturated heterocycles. The SMILES string of the molecule is Cc1cc(C)cc(CSc2nccnc2/C(N)=N/O)c1. The first-order valence-electron chi connectivity index (χ1n) is 6.09. The summed E-state index contributed by atoms with van der Waals surface area (Å²) in [7, 11) is 0. The van der Waals surface area contributed by atoms with Gasteiger partial charge in [0.2, 0.25) is 0 Å². The van der Waals surface area contributed by atoms with Gasteiger partial charge in [-0.05, 0) is 19.4 Å². The van der Waals surface area contributed by atoms with E-state index in [1.165, 1.54) is 34.6 Å². The zero-order valence-electron chi connectivity index (χ0n) is 11.4. The maximum absolute atomic E-state index is 8.76. The maximum Gasteiger partial charge on any atom is 0.191 e. The summed E-state index contributed by atoms with van der Waals surface area (Å²) in [6, 6.07) is 6.41. The van der Waals surface area contributed by atoms with Crippen molar-refractivity contribution in [1.82, 2.24) is 9.97 Å². The van der Waals surface area contributed by atoms with Crippen LogP contribution in [0.5, 0.6) is 0 Å². The Morgan fingerprint density at radius 3 is 2.50 bits per heavy atom. The van der Waals surface area contributed by atoms with Crippen molar-refractivity contribution < 1.29 is 5.21 Å². The van der Waals surface area contributed by atoms with E-state index in [0.29, 0.717) is 10.7 Å². The number of amidine groups is 1. The fraction of sp³-hybridized carbons (Fsp3) is 0.214. The maximum atomic E-state index is 8.76. The highest BCUT2D eigenvalue weighted by atomic mass is 32.2. The smallest absolute Gasteiger partial charge is 0.191 e. The first kappa shape index (κ1) is 14.3. The predicted octanol–water partition coefficient (Wildman–Crippen LogP) is 2.48. The molecule has 0 radical (unpaired) electrons. The minimum Gasteiger partial charge on any atom is -0.409 e. The molecule has 0 amide bonds. The summed E-state index contributed by atoms with van der Waals surface area (Å²) in [5.41, 5.74) is 9.68. The minimum atomic E-state index is -0.0268. The van der Waals surface area contributed by atoms with Crippen LogP contribution in [0.25, 0.3) is 0 Å². The molecule has 0 saturated carbocycles. The fourth-order valence-electron chi connectivity index (χ4n) is 1.96. The summed E-state index contributed by atoms with van der Waals surface area (Å²) in [6.07, 6.45) is 3.12. The predicted molar refractivity (Wildman–Crippen MR) is 80.0 cm³/mol. The second kappa shape index (κ2) is 6.38. The van der Waals surface area contributed by atoms with E-state index in [2.05, 4.69) is 47.2 Å². The van der Waals surface area contributed by atoms with E-state index in [9.17, 15) is 0 Å². The highest BCUT2D eigenvalue weighted by Crippen LogP contribution is 2.24. The Labute approximate surface area is 121 Å². The van der Waals surface area contributed by atoms with Crippen LogP contribution < -0.4 is 5.73 Å². The van der Waals surface area contributed by atoms with Crippen molar-refractivity contribution >= 4 is 17.6 Å². The van der Waals surface area contributed by atoms with Crippen molar-refractivity contribution in [3.05, 3.63) is 53.0 Å². The van der Waals surface area contributed by atoms with Gasteiger partial charge in [0.05, 0.1) is 0 Å². The molecule has 1 aromatic heterocycles. The van der Waals surface area contributed by atoms with Crippen molar-refractivity contribution in [2.75, 3.05) is 0 Å². The molecule has 0 bridgehead atoms. The number of hydrogen-bond donors (Lipinski definition) is 2. The fourth-order valence-corrected chi connectivity index (χ4v) is 2.86. The van der Waals surface area contributed by atoms with Gasteiger partial charge in [0.1, 0.15) is 10.7 Å². The topological polar surface area (TPSA) is 84.4 Å². The number of aromatic nitrogens is 2. The van der Waals surface area contributed by atoms with Crippen LogP contribution in [0.3, 0.4) is 0 Å². The van der Waals surface area contributed by atoms with Gasteiger partial charge in [0, 0.05) is 18.1 Å². The van der Waals surface area contributed by atoms with Gasteiger partial charge in [-0.2, -0.15) is 0 Å². The first-order chi connectivity index (χ1) is 9.60. The molecule has 1 aromatic carbocycles. The van der Waals surface area contributed by atoms with Gasteiger partial charge in [-0.25, -0.2) is 9.97 Å². The third-order valence-electron chi connectivity index (χ3n) is 2.67. The molecule has 104 valence electrons. The number of rotatable bonds is 4. The van der Waals surface area contributed by atoms with E-state index in [0.717, 1.165) is 5.75 Å². The summed E-state index contributed by atoms with van der Waals surface area (Å²) >= 11 is 1.52. The molecule has 0 aliphatic rings. The third-order valence-corrected chi connectivity index (χ3v) is 3.72. The third kappa shape index (κ3) is 3.48. The van der Waals surface area contributed by atoms with Gasteiger partial charge < -0.3 is 10.9 Å². The van der Waals surface area contributed by atoms with Gasteiger partial charge >= 0.3 is 0 Å². The Kier molecular flexibility index (Phi) is 4.57. The summed E-state index contributed by atoms with van der Waals surface area (Å²) < 4.78 is 0. The highest BCUT2D eigenvalue weighted by molar-refractivity contribution is 7.98. The molecular formula is C14H16N4OS. The molecule has 0 aliphatic carbocycles. The zero-order valence-corrected chi connectivity index (χ0v) is 12.2. The molecule has 5 nitrogen and oxygen atoms in total. The Bertz CT molecular complexity index is 623. The Morgan fingerprint density at radius 2 is 1.85 bits per heavy atom. The summed E-state index contributed by atoms with van der Waals surface area (Å²) in [5.74, 6) is 0.730. The van der Waals surface area contributed by atoms with Crippen molar-refractivity contribution in [3.63, 3.8) is 0 Å². The van der Waals surface area contributed by atoms with Crippen LogP contribution in [0.2, 0.25) is 0 Å². The van der Waals surface area contributed by atoms with Crippen LogP contribution in [0, 0.1) is 13.8 Å². The number of thioether (sulfide) groups is 1. The van der Waals surface area contributed by atoms with Gasteiger partial charge in [-0.15, -0.1) is 0 Å². The molecule has 0 fully saturated rings. The lowest BCUT2D eigenvalue weighted by Gasteiger charge is -2.07. The molecule has 2 rings (SSSR count).